The quantitative estimate of drug-likeness (QED) is 0.437. The molecule has 0 saturated carbocycles. The Morgan fingerprint density at radius 3 is 2.71 bits per heavy atom. The lowest BCUT2D eigenvalue weighted by atomic mass is 10.2. The molecule has 1 rings (SSSR count). The Labute approximate surface area is 131 Å². The fraction of sp³-hybridized carbons (Fsp3) is 0.533. The van der Waals surface area contributed by atoms with Gasteiger partial charge < -0.3 is 20.1 Å². The van der Waals surface area contributed by atoms with Crippen LogP contribution in [0, 0.1) is 0 Å². The molecule has 21 heavy (non-hydrogen) atoms. The molecule has 0 aliphatic carbocycles. The monoisotopic (exact) mass is 311 g/mol. The van der Waals surface area contributed by atoms with Gasteiger partial charge in [0.1, 0.15) is 0 Å². The Hall–Kier alpha value is -1.56. The molecule has 0 unspecified atom stereocenters. The third-order valence-corrected chi connectivity index (χ3v) is 3.42. The van der Waals surface area contributed by atoms with Crippen molar-refractivity contribution < 1.29 is 9.47 Å². The minimum absolute atomic E-state index is 0.616. The van der Waals surface area contributed by atoms with Crippen molar-refractivity contribution in [1.29, 1.82) is 0 Å². The van der Waals surface area contributed by atoms with Gasteiger partial charge in [-0.2, -0.15) is 11.8 Å². The molecule has 0 fully saturated rings. The number of rotatable bonds is 8. The van der Waals surface area contributed by atoms with Crippen LogP contribution in [-0.2, 0) is 6.54 Å². The molecule has 0 bridgehead atoms. The normalized spacial score (nSPS) is 11.1. The van der Waals surface area contributed by atoms with Gasteiger partial charge in [0.05, 0.1) is 13.7 Å². The number of guanidine groups is 1. The van der Waals surface area contributed by atoms with E-state index in [9.17, 15) is 0 Å². The summed E-state index contributed by atoms with van der Waals surface area (Å²) in [6, 6.07) is 5.93. The molecule has 1 aromatic carbocycles. The number of thioether (sulfide) groups is 1. The number of aliphatic imine (C=N–C) groups is 1. The van der Waals surface area contributed by atoms with Gasteiger partial charge in [-0.05, 0) is 30.9 Å². The largest absolute Gasteiger partial charge is 0.493 e. The van der Waals surface area contributed by atoms with Crippen molar-refractivity contribution in [1.82, 2.24) is 10.6 Å². The van der Waals surface area contributed by atoms with E-state index in [1.807, 2.05) is 25.1 Å². The van der Waals surface area contributed by atoms with E-state index in [1.54, 1.807) is 25.9 Å². The van der Waals surface area contributed by atoms with Crippen LogP contribution in [-0.4, -0.2) is 45.3 Å². The van der Waals surface area contributed by atoms with Gasteiger partial charge in [-0.25, -0.2) is 0 Å². The van der Waals surface area contributed by atoms with E-state index in [0.717, 1.165) is 35.3 Å². The highest BCUT2D eigenvalue weighted by Gasteiger charge is 2.06. The van der Waals surface area contributed by atoms with Crippen LogP contribution < -0.4 is 20.1 Å². The summed E-state index contributed by atoms with van der Waals surface area (Å²) >= 11 is 1.80. The molecule has 6 heteroatoms. The third kappa shape index (κ3) is 6.16. The molecule has 0 aliphatic heterocycles. The number of nitrogens with one attached hydrogen (secondary N) is 2. The molecule has 2 N–H and O–H groups in total. The average molecular weight is 311 g/mol. The second-order valence-electron chi connectivity index (χ2n) is 4.26. The predicted octanol–water partition coefficient (Wildman–Crippen LogP) is 2.12. The van der Waals surface area contributed by atoms with E-state index in [-0.39, 0.29) is 0 Å². The molecule has 0 atom stereocenters. The number of hydrogen-bond acceptors (Lipinski definition) is 4. The van der Waals surface area contributed by atoms with Crippen LogP contribution in [0.1, 0.15) is 12.5 Å². The molecule has 0 heterocycles. The van der Waals surface area contributed by atoms with E-state index < -0.39 is 0 Å². The summed E-state index contributed by atoms with van der Waals surface area (Å²) in [7, 11) is 3.42. The van der Waals surface area contributed by atoms with Crippen LogP contribution in [0.2, 0.25) is 0 Å². The maximum absolute atomic E-state index is 5.58. The first-order valence-electron chi connectivity index (χ1n) is 6.98. The van der Waals surface area contributed by atoms with Gasteiger partial charge >= 0.3 is 0 Å². The van der Waals surface area contributed by atoms with E-state index >= 15 is 0 Å². The number of hydrogen-bond donors (Lipinski definition) is 2. The van der Waals surface area contributed by atoms with Crippen molar-refractivity contribution >= 4 is 17.7 Å². The number of benzene rings is 1. The van der Waals surface area contributed by atoms with Crippen molar-refractivity contribution in [2.45, 2.75) is 13.5 Å². The van der Waals surface area contributed by atoms with Crippen molar-refractivity contribution in [2.24, 2.45) is 4.99 Å². The SMILES string of the molecule is CCOc1cc(CNC(=NC)NCCSC)ccc1OC. The summed E-state index contributed by atoms with van der Waals surface area (Å²) in [5, 5.41) is 6.55. The van der Waals surface area contributed by atoms with Crippen molar-refractivity contribution in [3.05, 3.63) is 23.8 Å². The maximum atomic E-state index is 5.58. The van der Waals surface area contributed by atoms with Gasteiger partial charge in [0.2, 0.25) is 0 Å². The first-order chi connectivity index (χ1) is 10.2. The molecule has 1 aromatic rings. The van der Waals surface area contributed by atoms with Crippen LogP contribution in [0.15, 0.2) is 23.2 Å². The molecule has 0 spiro atoms. The zero-order valence-electron chi connectivity index (χ0n) is 13.2. The standard InChI is InChI=1S/C15H25N3O2S/c1-5-20-14-10-12(6-7-13(14)19-3)11-18-15(16-2)17-8-9-21-4/h6-7,10H,5,8-9,11H2,1-4H3,(H2,16,17,18). The fourth-order valence-electron chi connectivity index (χ4n) is 1.78. The summed E-state index contributed by atoms with van der Waals surface area (Å²) in [5.74, 6) is 3.38. The maximum Gasteiger partial charge on any atom is 0.191 e. The van der Waals surface area contributed by atoms with Crippen LogP contribution in [0.5, 0.6) is 11.5 Å². The van der Waals surface area contributed by atoms with Gasteiger partial charge in [-0.15, -0.1) is 0 Å². The Bertz CT molecular complexity index is 453. The van der Waals surface area contributed by atoms with Gasteiger partial charge in [0, 0.05) is 25.9 Å². The number of nitrogens with zero attached hydrogens (tertiary/aromatic N) is 1. The van der Waals surface area contributed by atoms with E-state index in [2.05, 4.69) is 21.9 Å². The molecular weight excluding hydrogens is 286 g/mol. The lowest BCUT2D eigenvalue weighted by molar-refractivity contribution is 0.310. The number of ether oxygens (including phenoxy) is 2. The third-order valence-electron chi connectivity index (χ3n) is 2.81. The van der Waals surface area contributed by atoms with Gasteiger partial charge in [0.15, 0.2) is 17.5 Å². The molecule has 0 radical (unpaired) electrons. The zero-order chi connectivity index (χ0) is 15.5. The molecule has 0 aromatic heterocycles. The van der Waals surface area contributed by atoms with Crippen molar-refractivity contribution in [3.63, 3.8) is 0 Å². The highest BCUT2D eigenvalue weighted by molar-refractivity contribution is 7.98. The second kappa shape index (κ2) is 10.2. The van der Waals surface area contributed by atoms with Gasteiger partial charge in [-0.1, -0.05) is 6.07 Å². The van der Waals surface area contributed by atoms with Gasteiger partial charge in [-0.3, -0.25) is 4.99 Å². The topological polar surface area (TPSA) is 54.9 Å². The van der Waals surface area contributed by atoms with Crippen LogP contribution in [0.25, 0.3) is 0 Å². The van der Waals surface area contributed by atoms with Gasteiger partial charge in [0.25, 0.3) is 0 Å². The lowest BCUT2D eigenvalue weighted by Crippen LogP contribution is -2.37. The average Bonchev–Trinajstić information content (AvgIpc) is 2.51. The summed E-state index contributed by atoms with van der Waals surface area (Å²) in [6.07, 6.45) is 2.09. The molecule has 0 aliphatic rings. The molecule has 5 nitrogen and oxygen atoms in total. The fourth-order valence-corrected chi connectivity index (χ4v) is 2.08. The van der Waals surface area contributed by atoms with Crippen LogP contribution >= 0.6 is 11.8 Å². The minimum Gasteiger partial charge on any atom is -0.493 e. The molecule has 0 amide bonds. The van der Waals surface area contributed by atoms with E-state index in [4.69, 9.17) is 9.47 Å². The van der Waals surface area contributed by atoms with E-state index in [1.165, 1.54) is 0 Å². The first kappa shape index (κ1) is 17.5. The van der Waals surface area contributed by atoms with E-state index in [0.29, 0.717) is 13.2 Å². The summed E-state index contributed by atoms with van der Waals surface area (Å²) in [4.78, 5) is 4.20. The summed E-state index contributed by atoms with van der Waals surface area (Å²) < 4.78 is 10.9. The van der Waals surface area contributed by atoms with Crippen molar-refractivity contribution in [2.75, 3.05) is 39.3 Å². The smallest absolute Gasteiger partial charge is 0.191 e. The van der Waals surface area contributed by atoms with Crippen molar-refractivity contribution in [3.8, 4) is 11.5 Å². The second-order valence-corrected chi connectivity index (χ2v) is 5.25. The summed E-state index contributed by atoms with van der Waals surface area (Å²) in [6.45, 7) is 4.16. The lowest BCUT2D eigenvalue weighted by Gasteiger charge is -2.14. The molecular formula is C15H25N3O2S. The zero-order valence-corrected chi connectivity index (χ0v) is 14.0. The molecule has 118 valence electrons. The Kier molecular flexibility index (Phi) is 8.50. The first-order valence-corrected chi connectivity index (χ1v) is 8.37. The Morgan fingerprint density at radius 1 is 1.29 bits per heavy atom. The summed E-state index contributed by atoms with van der Waals surface area (Å²) in [5.41, 5.74) is 1.12. The van der Waals surface area contributed by atoms with Crippen LogP contribution in [0.3, 0.4) is 0 Å². The Morgan fingerprint density at radius 2 is 2.10 bits per heavy atom. The highest BCUT2D eigenvalue weighted by Crippen LogP contribution is 2.27. The molecule has 0 saturated heterocycles. The van der Waals surface area contributed by atoms with Crippen LogP contribution in [0.4, 0.5) is 0 Å². The number of methoxy groups -OCH3 is 1. The minimum atomic E-state index is 0.616. The highest BCUT2D eigenvalue weighted by atomic mass is 32.2. The predicted molar refractivity (Wildman–Crippen MR) is 90.7 cm³/mol. The Balaban J connectivity index is 2.59.